The van der Waals surface area contributed by atoms with E-state index in [0.29, 0.717) is 32.5 Å². The molecular formula is C15H24N6O2. The van der Waals surface area contributed by atoms with Gasteiger partial charge in [0.1, 0.15) is 6.33 Å². The van der Waals surface area contributed by atoms with Gasteiger partial charge >= 0.3 is 0 Å². The van der Waals surface area contributed by atoms with Crippen LogP contribution in [0, 0.1) is 5.92 Å². The molecule has 0 aliphatic carbocycles. The van der Waals surface area contributed by atoms with Crippen molar-refractivity contribution in [2.75, 3.05) is 44.2 Å². The lowest BCUT2D eigenvalue weighted by Gasteiger charge is -2.38. The fraction of sp³-hybridized carbons (Fsp3) is 0.733. The largest absolute Gasteiger partial charge is 0.342 e. The van der Waals surface area contributed by atoms with Crippen molar-refractivity contribution in [1.82, 2.24) is 25.0 Å². The van der Waals surface area contributed by atoms with Crippen LogP contribution in [0.2, 0.25) is 0 Å². The Hall–Kier alpha value is -2.12. The molecule has 2 aliphatic heterocycles. The standard InChI is InChI=1S/C15H24N6O2/c1-2-5-21-10-12(3-4-13(21)22)14(23)19-6-8-20(9-7-19)15-16-11-17-18-15/h11-12H,2-10H2,1H3,(H,16,17,18). The maximum Gasteiger partial charge on any atom is 0.227 e. The van der Waals surface area contributed by atoms with Crippen LogP contribution in [0.15, 0.2) is 6.33 Å². The molecule has 2 aliphatic rings. The van der Waals surface area contributed by atoms with Crippen molar-refractivity contribution in [1.29, 1.82) is 0 Å². The summed E-state index contributed by atoms with van der Waals surface area (Å²) in [5.74, 6) is 1.09. The lowest BCUT2D eigenvalue weighted by atomic mass is 9.95. The second-order valence-corrected chi connectivity index (χ2v) is 6.20. The Morgan fingerprint density at radius 3 is 2.78 bits per heavy atom. The van der Waals surface area contributed by atoms with Crippen LogP contribution in [0.25, 0.3) is 0 Å². The fourth-order valence-electron chi connectivity index (χ4n) is 3.35. The van der Waals surface area contributed by atoms with Crippen LogP contribution in [0.5, 0.6) is 0 Å². The first kappa shape index (κ1) is 15.8. The van der Waals surface area contributed by atoms with E-state index in [1.54, 1.807) is 0 Å². The Morgan fingerprint density at radius 1 is 1.35 bits per heavy atom. The molecule has 1 aromatic heterocycles. The van der Waals surface area contributed by atoms with Gasteiger partial charge in [0.2, 0.25) is 17.8 Å². The maximum absolute atomic E-state index is 12.7. The minimum absolute atomic E-state index is 0.0453. The van der Waals surface area contributed by atoms with E-state index in [-0.39, 0.29) is 17.7 Å². The molecule has 2 fully saturated rings. The van der Waals surface area contributed by atoms with Crippen molar-refractivity contribution in [2.24, 2.45) is 5.92 Å². The highest BCUT2D eigenvalue weighted by Gasteiger charge is 2.33. The first-order chi connectivity index (χ1) is 11.2. The summed E-state index contributed by atoms with van der Waals surface area (Å²) in [7, 11) is 0. The average molecular weight is 320 g/mol. The van der Waals surface area contributed by atoms with Crippen LogP contribution in [-0.4, -0.2) is 76.1 Å². The molecule has 3 rings (SSSR count). The Bertz CT molecular complexity index is 538. The predicted molar refractivity (Wildman–Crippen MR) is 84.8 cm³/mol. The summed E-state index contributed by atoms with van der Waals surface area (Å²) < 4.78 is 0. The van der Waals surface area contributed by atoms with Crippen LogP contribution in [0.1, 0.15) is 26.2 Å². The van der Waals surface area contributed by atoms with Crippen LogP contribution >= 0.6 is 0 Å². The topological polar surface area (TPSA) is 85.4 Å². The minimum atomic E-state index is -0.0453. The molecule has 1 aromatic rings. The van der Waals surface area contributed by atoms with E-state index < -0.39 is 0 Å². The number of nitrogens with zero attached hydrogens (tertiary/aromatic N) is 5. The molecule has 2 saturated heterocycles. The second kappa shape index (κ2) is 6.97. The Morgan fingerprint density at radius 2 is 2.13 bits per heavy atom. The van der Waals surface area contributed by atoms with Crippen LogP contribution < -0.4 is 4.90 Å². The highest BCUT2D eigenvalue weighted by atomic mass is 16.2. The van der Waals surface area contributed by atoms with E-state index in [2.05, 4.69) is 27.0 Å². The number of piperazine rings is 1. The molecule has 8 nitrogen and oxygen atoms in total. The Labute approximate surface area is 135 Å². The molecule has 3 heterocycles. The lowest BCUT2D eigenvalue weighted by molar-refractivity contribution is -0.143. The number of carbonyl (C=O) groups excluding carboxylic acids is 2. The first-order valence-electron chi connectivity index (χ1n) is 8.36. The van der Waals surface area contributed by atoms with Crippen molar-refractivity contribution in [2.45, 2.75) is 26.2 Å². The fourth-order valence-corrected chi connectivity index (χ4v) is 3.35. The molecule has 0 spiro atoms. The van der Waals surface area contributed by atoms with Gasteiger partial charge in [-0.3, -0.25) is 9.59 Å². The molecule has 0 saturated carbocycles. The van der Waals surface area contributed by atoms with Crippen molar-refractivity contribution in [3.63, 3.8) is 0 Å². The van der Waals surface area contributed by atoms with Gasteiger partial charge in [0.05, 0.1) is 5.92 Å². The normalized spacial score (nSPS) is 22.6. The summed E-state index contributed by atoms with van der Waals surface area (Å²) in [6.45, 7) is 6.28. The third-order valence-corrected chi connectivity index (χ3v) is 4.64. The molecular weight excluding hydrogens is 296 g/mol. The molecule has 1 atom stereocenters. The van der Waals surface area contributed by atoms with Gasteiger partial charge in [0, 0.05) is 45.7 Å². The zero-order chi connectivity index (χ0) is 16.2. The van der Waals surface area contributed by atoms with Crippen LogP contribution in [-0.2, 0) is 9.59 Å². The molecule has 1 N–H and O–H groups in total. The lowest BCUT2D eigenvalue weighted by Crippen LogP contribution is -2.53. The van der Waals surface area contributed by atoms with Crippen LogP contribution in [0.4, 0.5) is 5.95 Å². The first-order valence-corrected chi connectivity index (χ1v) is 8.36. The predicted octanol–water partition coefficient (Wildman–Crippen LogP) is 0.102. The number of aromatic nitrogens is 3. The van der Waals surface area contributed by atoms with Gasteiger partial charge in [-0.05, 0) is 12.8 Å². The summed E-state index contributed by atoms with van der Waals surface area (Å²) in [4.78, 5) is 34.6. The zero-order valence-electron chi connectivity index (χ0n) is 13.6. The number of anilines is 1. The summed E-state index contributed by atoms with van der Waals surface area (Å²) in [6.07, 6.45) is 3.60. The molecule has 23 heavy (non-hydrogen) atoms. The van der Waals surface area contributed by atoms with Gasteiger partial charge in [0.15, 0.2) is 0 Å². The number of nitrogens with one attached hydrogen (secondary N) is 1. The van der Waals surface area contributed by atoms with Crippen molar-refractivity contribution in [3.8, 4) is 0 Å². The highest BCUT2D eigenvalue weighted by molar-refractivity contribution is 5.84. The van der Waals surface area contributed by atoms with Gasteiger partial charge < -0.3 is 14.7 Å². The smallest absolute Gasteiger partial charge is 0.227 e. The van der Waals surface area contributed by atoms with Gasteiger partial charge in [-0.25, -0.2) is 5.10 Å². The van der Waals surface area contributed by atoms with E-state index in [4.69, 9.17) is 0 Å². The summed E-state index contributed by atoms with van der Waals surface area (Å²) in [6, 6.07) is 0. The van der Waals surface area contributed by atoms with Gasteiger partial charge in [-0.15, -0.1) is 0 Å². The van der Waals surface area contributed by atoms with Crippen LogP contribution in [0.3, 0.4) is 0 Å². The quantitative estimate of drug-likeness (QED) is 0.850. The minimum Gasteiger partial charge on any atom is -0.342 e. The number of aromatic amines is 1. The molecule has 8 heteroatoms. The molecule has 0 aromatic carbocycles. The monoisotopic (exact) mass is 320 g/mol. The van der Waals surface area contributed by atoms with Crippen molar-refractivity contribution >= 4 is 17.8 Å². The molecule has 0 bridgehead atoms. The van der Waals surface area contributed by atoms with Gasteiger partial charge in [-0.2, -0.15) is 10.1 Å². The number of likely N-dealkylation sites (tertiary alicyclic amines) is 1. The van der Waals surface area contributed by atoms with E-state index in [1.165, 1.54) is 6.33 Å². The Kier molecular flexibility index (Phi) is 4.78. The number of rotatable bonds is 4. The van der Waals surface area contributed by atoms with Gasteiger partial charge in [-0.1, -0.05) is 6.92 Å². The number of piperidine rings is 1. The highest BCUT2D eigenvalue weighted by Crippen LogP contribution is 2.21. The average Bonchev–Trinajstić information content (AvgIpc) is 3.11. The number of H-pyrrole nitrogens is 1. The van der Waals surface area contributed by atoms with E-state index in [1.807, 2.05) is 9.80 Å². The Balaban J connectivity index is 1.54. The van der Waals surface area contributed by atoms with Crippen molar-refractivity contribution < 1.29 is 9.59 Å². The van der Waals surface area contributed by atoms with Crippen molar-refractivity contribution in [3.05, 3.63) is 6.33 Å². The summed E-state index contributed by atoms with van der Waals surface area (Å²) >= 11 is 0. The molecule has 1 unspecified atom stereocenters. The maximum atomic E-state index is 12.7. The summed E-state index contributed by atoms with van der Waals surface area (Å²) in [5, 5.41) is 6.72. The molecule has 2 amide bonds. The molecule has 126 valence electrons. The van der Waals surface area contributed by atoms with Gasteiger partial charge in [0.25, 0.3) is 0 Å². The van der Waals surface area contributed by atoms with E-state index in [0.717, 1.165) is 32.0 Å². The third-order valence-electron chi connectivity index (χ3n) is 4.64. The number of hydrogen-bond acceptors (Lipinski definition) is 5. The third kappa shape index (κ3) is 3.46. The number of hydrogen-bond donors (Lipinski definition) is 1. The number of carbonyl (C=O) groups is 2. The number of amides is 2. The van der Waals surface area contributed by atoms with E-state index >= 15 is 0 Å². The summed E-state index contributed by atoms with van der Waals surface area (Å²) in [5.41, 5.74) is 0. The second-order valence-electron chi connectivity index (χ2n) is 6.20. The SMILES string of the molecule is CCCN1CC(C(=O)N2CCN(c3ncn[nH]3)CC2)CCC1=O. The molecule has 0 radical (unpaired) electrons. The zero-order valence-corrected chi connectivity index (χ0v) is 13.6. The van der Waals surface area contributed by atoms with E-state index in [9.17, 15) is 9.59 Å².